The molecule has 0 spiro atoms. The van der Waals surface area contributed by atoms with Crippen LogP contribution in [-0.2, 0) is 12.7 Å². The molecule has 3 rings (SSSR count). The Hall–Kier alpha value is -3.20. The number of amides is 2. The molecule has 9 heteroatoms. The first-order valence-corrected chi connectivity index (χ1v) is 8.98. The zero-order valence-corrected chi connectivity index (χ0v) is 15.1. The highest BCUT2D eigenvalue weighted by Gasteiger charge is 2.35. The number of alkyl halides is 3. The Labute approximate surface area is 162 Å². The van der Waals surface area contributed by atoms with Crippen LogP contribution in [0.15, 0.2) is 60.0 Å². The van der Waals surface area contributed by atoms with Gasteiger partial charge in [-0.2, -0.15) is 13.2 Å². The number of thiazole rings is 1. The van der Waals surface area contributed by atoms with Gasteiger partial charge in [0.05, 0.1) is 11.1 Å². The molecular formula is C19H14F3N3O2S. The summed E-state index contributed by atoms with van der Waals surface area (Å²) in [6.07, 6.45) is -4.65. The molecule has 0 aliphatic carbocycles. The molecule has 0 aliphatic rings. The van der Waals surface area contributed by atoms with Gasteiger partial charge >= 0.3 is 6.18 Å². The molecule has 5 nitrogen and oxygen atoms in total. The van der Waals surface area contributed by atoms with Gasteiger partial charge in [-0.25, -0.2) is 4.98 Å². The number of nitrogens with zero attached hydrogens (tertiary/aromatic N) is 1. The number of carbonyl (C=O) groups is 2. The van der Waals surface area contributed by atoms with E-state index in [2.05, 4.69) is 15.6 Å². The average Bonchev–Trinajstić information content (AvgIpc) is 3.15. The van der Waals surface area contributed by atoms with Crippen molar-refractivity contribution in [1.82, 2.24) is 10.3 Å². The maximum absolute atomic E-state index is 13.0. The largest absolute Gasteiger partial charge is 0.417 e. The van der Waals surface area contributed by atoms with E-state index in [1.54, 1.807) is 0 Å². The molecule has 0 radical (unpaired) electrons. The van der Waals surface area contributed by atoms with Gasteiger partial charge < -0.3 is 5.32 Å². The van der Waals surface area contributed by atoms with Crippen LogP contribution in [0.25, 0.3) is 0 Å². The molecule has 2 amide bonds. The lowest BCUT2D eigenvalue weighted by Crippen LogP contribution is -2.23. The van der Waals surface area contributed by atoms with Gasteiger partial charge in [0.25, 0.3) is 11.8 Å². The van der Waals surface area contributed by atoms with E-state index in [0.717, 1.165) is 29.0 Å². The summed E-state index contributed by atoms with van der Waals surface area (Å²) >= 11 is 0.951. The fraction of sp³-hybridized carbons (Fsp3) is 0.105. The van der Waals surface area contributed by atoms with Crippen LogP contribution in [0.3, 0.4) is 0 Å². The third kappa shape index (κ3) is 4.74. The number of halogens is 3. The van der Waals surface area contributed by atoms with Gasteiger partial charge in [0.15, 0.2) is 5.13 Å². The van der Waals surface area contributed by atoms with E-state index in [-0.39, 0.29) is 10.8 Å². The Morgan fingerprint density at radius 2 is 1.64 bits per heavy atom. The van der Waals surface area contributed by atoms with Gasteiger partial charge in [-0.1, -0.05) is 42.5 Å². The first-order chi connectivity index (χ1) is 13.3. The predicted octanol–water partition coefficient (Wildman–Crippen LogP) is 4.34. The molecule has 0 saturated heterocycles. The summed E-state index contributed by atoms with van der Waals surface area (Å²) in [7, 11) is 0. The highest BCUT2D eigenvalue weighted by Crippen LogP contribution is 2.32. The number of anilines is 1. The summed E-state index contributed by atoms with van der Waals surface area (Å²) in [6.45, 7) is 0.303. The average molecular weight is 405 g/mol. The summed E-state index contributed by atoms with van der Waals surface area (Å²) in [4.78, 5) is 28.3. The first-order valence-electron chi connectivity index (χ1n) is 8.10. The van der Waals surface area contributed by atoms with Crippen molar-refractivity contribution in [3.63, 3.8) is 0 Å². The fourth-order valence-electron chi connectivity index (χ4n) is 2.40. The standard InChI is InChI=1S/C19H14F3N3O2S/c20-19(21,22)14-9-5-4-8-13(14)16(26)25-18-24-15(11-28-18)17(27)23-10-12-6-2-1-3-7-12/h1-9,11H,10H2,(H,23,27)(H,24,25,26). The zero-order valence-electron chi connectivity index (χ0n) is 14.3. The van der Waals surface area contributed by atoms with E-state index in [1.165, 1.54) is 17.5 Å². The molecule has 3 aromatic rings. The van der Waals surface area contributed by atoms with E-state index in [4.69, 9.17) is 0 Å². The molecule has 2 N–H and O–H groups in total. The van der Waals surface area contributed by atoms with Gasteiger partial charge in [0, 0.05) is 11.9 Å². The van der Waals surface area contributed by atoms with Crippen molar-refractivity contribution < 1.29 is 22.8 Å². The number of benzene rings is 2. The molecule has 0 fully saturated rings. The van der Waals surface area contributed by atoms with Crippen LogP contribution in [0.2, 0.25) is 0 Å². The zero-order chi connectivity index (χ0) is 20.1. The fourth-order valence-corrected chi connectivity index (χ4v) is 3.08. The van der Waals surface area contributed by atoms with Crippen molar-refractivity contribution in [2.24, 2.45) is 0 Å². The molecule has 2 aromatic carbocycles. The van der Waals surface area contributed by atoms with Crippen molar-refractivity contribution in [3.8, 4) is 0 Å². The lowest BCUT2D eigenvalue weighted by Gasteiger charge is -2.11. The van der Waals surface area contributed by atoms with E-state index >= 15 is 0 Å². The molecule has 1 heterocycles. The molecule has 1 aromatic heterocycles. The van der Waals surface area contributed by atoms with Crippen molar-refractivity contribution in [2.45, 2.75) is 12.7 Å². The van der Waals surface area contributed by atoms with Gasteiger partial charge in [-0.3, -0.25) is 14.9 Å². The van der Waals surface area contributed by atoms with Crippen molar-refractivity contribution in [3.05, 3.63) is 82.4 Å². The summed E-state index contributed by atoms with van der Waals surface area (Å²) in [5, 5.41) is 6.45. The Balaban J connectivity index is 1.66. The second kappa shape index (κ2) is 8.22. The number of nitrogens with one attached hydrogen (secondary N) is 2. The molecule has 0 atom stereocenters. The van der Waals surface area contributed by atoms with Crippen LogP contribution in [0.5, 0.6) is 0 Å². The van der Waals surface area contributed by atoms with Gasteiger partial charge in [-0.05, 0) is 17.7 Å². The van der Waals surface area contributed by atoms with Crippen LogP contribution >= 0.6 is 11.3 Å². The number of hydrogen-bond acceptors (Lipinski definition) is 4. The van der Waals surface area contributed by atoms with Crippen LogP contribution < -0.4 is 10.6 Å². The van der Waals surface area contributed by atoms with Gasteiger partial charge in [-0.15, -0.1) is 11.3 Å². The maximum atomic E-state index is 13.0. The minimum atomic E-state index is -4.65. The van der Waals surface area contributed by atoms with E-state index < -0.39 is 29.1 Å². The minimum absolute atomic E-state index is 0.0341. The first kappa shape index (κ1) is 19.6. The van der Waals surface area contributed by atoms with E-state index in [1.807, 2.05) is 30.3 Å². The number of aromatic nitrogens is 1. The van der Waals surface area contributed by atoms with Crippen LogP contribution in [0.4, 0.5) is 18.3 Å². The summed E-state index contributed by atoms with van der Waals surface area (Å²) in [5.41, 5.74) is -0.575. The number of carbonyl (C=O) groups excluding carboxylic acids is 2. The molecule has 0 bridgehead atoms. The topological polar surface area (TPSA) is 71.1 Å². The molecule has 0 saturated carbocycles. The molecule has 28 heavy (non-hydrogen) atoms. The number of hydrogen-bond donors (Lipinski definition) is 2. The van der Waals surface area contributed by atoms with Crippen LogP contribution in [0.1, 0.15) is 32.0 Å². The normalized spacial score (nSPS) is 11.1. The summed E-state index contributed by atoms with van der Waals surface area (Å²) in [6, 6.07) is 13.7. The highest BCUT2D eigenvalue weighted by atomic mass is 32.1. The predicted molar refractivity (Wildman–Crippen MR) is 99.1 cm³/mol. The molecule has 144 valence electrons. The van der Waals surface area contributed by atoms with E-state index in [9.17, 15) is 22.8 Å². The molecular weight excluding hydrogens is 391 g/mol. The van der Waals surface area contributed by atoms with Crippen molar-refractivity contribution in [1.29, 1.82) is 0 Å². The Morgan fingerprint density at radius 3 is 2.36 bits per heavy atom. The molecule has 0 unspecified atom stereocenters. The minimum Gasteiger partial charge on any atom is -0.347 e. The third-order valence-corrected chi connectivity index (χ3v) is 4.49. The van der Waals surface area contributed by atoms with Gasteiger partial charge in [0.1, 0.15) is 5.69 Å². The quantitative estimate of drug-likeness (QED) is 0.663. The van der Waals surface area contributed by atoms with Crippen LogP contribution in [-0.4, -0.2) is 16.8 Å². The molecule has 0 aliphatic heterocycles. The van der Waals surface area contributed by atoms with Gasteiger partial charge in [0.2, 0.25) is 0 Å². The van der Waals surface area contributed by atoms with Crippen LogP contribution in [0, 0.1) is 0 Å². The monoisotopic (exact) mass is 405 g/mol. The second-order valence-corrected chi connectivity index (χ2v) is 6.56. The Morgan fingerprint density at radius 1 is 0.964 bits per heavy atom. The van der Waals surface area contributed by atoms with E-state index in [0.29, 0.717) is 6.54 Å². The van der Waals surface area contributed by atoms with Crippen molar-refractivity contribution in [2.75, 3.05) is 5.32 Å². The number of rotatable bonds is 5. The smallest absolute Gasteiger partial charge is 0.347 e. The third-order valence-electron chi connectivity index (χ3n) is 3.73. The van der Waals surface area contributed by atoms with Crippen molar-refractivity contribution >= 4 is 28.3 Å². The second-order valence-electron chi connectivity index (χ2n) is 5.70. The lowest BCUT2D eigenvalue weighted by atomic mass is 10.1. The summed E-state index contributed by atoms with van der Waals surface area (Å²) in [5.74, 6) is -1.39. The lowest BCUT2D eigenvalue weighted by molar-refractivity contribution is -0.137. The SMILES string of the molecule is O=C(NCc1ccccc1)c1csc(NC(=O)c2ccccc2C(F)(F)F)n1. The summed E-state index contributed by atoms with van der Waals surface area (Å²) < 4.78 is 39.1. The Kier molecular flexibility index (Phi) is 5.74. The highest BCUT2D eigenvalue weighted by molar-refractivity contribution is 7.14. The Bertz CT molecular complexity index is 987. The maximum Gasteiger partial charge on any atom is 0.417 e.